The Morgan fingerprint density at radius 1 is 1.23 bits per heavy atom. The standard InChI is InChI=1S/C10H21NOS/c1-8(11)9(2)13(12)10-6-4-3-5-7-10/h8-10H,3-7,11H2,1-2H3. The third kappa shape index (κ3) is 3.06. The number of rotatable bonds is 3. The number of hydrogen-bond acceptors (Lipinski definition) is 2. The fourth-order valence-electron chi connectivity index (χ4n) is 1.81. The van der Waals surface area contributed by atoms with Crippen molar-refractivity contribution in [1.29, 1.82) is 0 Å². The van der Waals surface area contributed by atoms with Crippen LogP contribution in [-0.4, -0.2) is 20.8 Å². The second kappa shape index (κ2) is 5.11. The van der Waals surface area contributed by atoms with Gasteiger partial charge in [0.05, 0.1) is 0 Å². The van der Waals surface area contributed by atoms with E-state index in [-0.39, 0.29) is 11.3 Å². The lowest BCUT2D eigenvalue weighted by Gasteiger charge is -2.25. The normalized spacial score (nSPS) is 26.7. The monoisotopic (exact) mass is 203 g/mol. The SMILES string of the molecule is CC(N)C(C)S(=O)C1CCCCC1. The van der Waals surface area contributed by atoms with Gasteiger partial charge in [0.2, 0.25) is 0 Å². The molecule has 0 aromatic carbocycles. The van der Waals surface area contributed by atoms with Gasteiger partial charge in [0.15, 0.2) is 0 Å². The molecule has 3 unspecified atom stereocenters. The summed E-state index contributed by atoms with van der Waals surface area (Å²) in [4.78, 5) is 0. The van der Waals surface area contributed by atoms with Gasteiger partial charge in [-0.15, -0.1) is 0 Å². The summed E-state index contributed by atoms with van der Waals surface area (Å²) >= 11 is 0. The fraction of sp³-hybridized carbons (Fsp3) is 1.00. The number of hydrogen-bond donors (Lipinski definition) is 1. The molecular weight excluding hydrogens is 182 g/mol. The lowest BCUT2D eigenvalue weighted by Crippen LogP contribution is -2.37. The van der Waals surface area contributed by atoms with E-state index in [1.165, 1.54) is 19.3 Å². The number of nitrogens with two attached hydrogens (primary N) is 1. The zero-order chi connectivity index (χ0) is 9.84. The maximum absolute atomic E-state index is 12.0. The Labute approximate surface area is 83.7 Å². The minimum Gasteiger partial charge on any atom is -0.327 e. The first-order valence-corrected chi connectivity index (χ1v) is 6.55. The quantitative estimate of drug-likeness (QED) is 0.760. The van der Waals surface area contributed by atoms with Gasteiger partial charge in [0, 0.05) is 27.3 Å². The smallest absolute Gasteiger partial charge is 0.0470 e. The molecule has 0 aliphatic heterocycles. The molecular formula is C10H21NOS. The molecule has 0 aromatic heterocycles. The van der Waals surface area contributed by atoms with Crippen LogP contribution in [0.1, 0.15) is 46.0 Å². The Balaban J connectivity index is 2.45. The molecule has 1 aliphatic rings. The van der Waals surface area contributed by atoms with Crippen LogP contribution in [0.5, 0.6) is 0 Å². The molecule has 13 heavy (non-hydrogen) atoms. The summed E-state index contributed by atoms with van der Waals surface area (Å²) in [7, 11) is -0.706. The molecule has 3 heteroatoms. The average Bonchev–Trinajstić information content (AvgIpc) is 2.17. The maximum atomic E-state index is 12.0. The lowest BCUT2D eigenvalue weighted by molar-refractivity contribution is 0.500. The molecule has 2 nitrogen and oxygen atoms in total. The highest BCUT2D eigenvalue weighted by Gasteiger charge is 2.25. The second-order valence-electron chi connectivity index (χ2n) is 4.15. The molecule has 2 N–H and O–H groups in total. The van der Waals surface area contributed by atoms with Gasteiger partial charge in [-0.2, -0.15) is 0 Å². The lowest BCUT2D eigenvalue weighted by atomic mass is 10.0. The molecule has 0 saturated heterocycles. The molecule has 1 fully saturated rings. The van der Waals surface area contributed by atoms with Crippen molar-refractivity contribution < 1.29 is 4.21 Å². The highest BCUT2D eigenvalue weighted by atomic mass is 32.2. The summed E-state index contributed by atoms with van der Waals surface area (Å²) in [6, 6.07) is 0.0581. The van der Waals surface area contributed by atoms with E-state index in [1.807, 2.05) is 13.8 Å². The van der Waals surface area contributed by atoms with Crippen molar-refractivity contribution >= 4 is 10.8 Å². The van der Waals surface area contributed by atoms with Crippen molar-refractivity contribution in [2.45, 2.75) is 62.5 Å². The van der Waals surface area contributed by atoms with E-state index in [0.717, 1.165) is 12.8 Å². The fourth-order valence-corrected chi connectivity index (χ4v) is 3.64. The van der Waals surface area contributed by atoms with Gasteiger partial charge in [-0.25, -0.2) is 0 Å². The van der Waals surface area contributed by atoms with Crippen LogP contribution in [0.3, 0.4) is 0 Å². The summed E-state index contributed by atoms with van der Waals surface area (Å²) in [6.45, 7) is 3.96. The maximum Gasteiger partial charge on any atom is 0.0470 e. The third-order valence-corrected chi connectivity index (χ3v) is 5.28. The van der Waals surface area contributed by atoms with E-state index in [2.05, 4.69) is 0 Å². The first-order valence-electron chi connectivity index (χ1n) is 5.28. The van der Waals surface area contributed by atoms with Crippen LogP contribution >= 0.6 is 0 Å². The highest BCUT2D eigenvalue weighted by molar-refractivity contribution is 7.86. The van der Waals surface area contributed by atoms with Crippen LogP contribution in [0.25, 0.3) is 0 Å². The summed E-state index contributed by atoms with van der Waals surface area (Å²) < 4.78 is 12.0. The van der Waals surface area contributed by atoms with Gasteiger partial charge >= 0.3 is 0 Å². The van der Waals surface area contributed by atoms with E-state index in [4.69, 9.17) is 5.73 Å². The van der Waals surface area contributed by atoms with Gasteiger partial charge in [0.25, 0.3) is 0 Å². The third-order valence-electron chi connectivity index (χ3n) is 2.99. The Morgan fingerprint density at radius 3 is 2.23 bits per heavy atom. The zero-order valence-corrected chi connectivity index (χ0v) is 9.48. The van der Waals surface area contributed by atoms with Crippen molar-refractivity contribution in [2.75, 3.05) is 0 Å². The van der Waals surface area contributed by atoms with Crippen LogP contribution in [0.2, 0.25) is 0 Å². The summed E-state index contributed by atoms with van der Waals surface area (Å²) in [5.74, 6) is 0. The topological polar surface area (TPSA) is 43.1 Å². The molecule has 3 atom stereocenters. The van der Waals surface area contributed by atoms with Crippen molar-refractivity contribution in [1.82, 2.24) is 0 Å². The highest BCUT2D eigenvalue weighted by Crippen LogP contribution is 2.24. The van der Waals surface area contributed by atoms with Gasteiger partial charge in [-0.1, -0.05) is 19.3 Å². The minimum absolute atomic E-state index is 0.0581. The Morgan fingerprint density at radius 2 is 1.77 bits per heavy atom. The van der Waals surface area contributed by atoms with Gasteiger partial charge < -0.3 is 5.73 Å². The Bertz CT molecular complexity index is 176. The molecule has 1 saturated carbocycles. The van der Waals surface area contributed by atoms with Crippen LogP contribution in [0.15, 0.2) is 0 Å². The largest absolute Gasteiger partial charge is 0.327 e. The Hall–Kier alpha value is 0.110. The predicted molar refractivity (Wildman–Crippen MR) is 58.1 cm³/mol. The first kappa shape index (κ1) is 11.2. The molecule has 78 valence electrons. The van der Waals surface area contributed by atoms with E-state index < -0.39 is 10.8 Å². The van der Waals surface area contributed by atoms with E-state index in [1.54, 1.807) is 0 Å². The Kier molecular flexibility index (Phi) is 4.39. The minimum atomic E-state index is -0.706. The molecule has 0 bridgehead atoms. The van der Waals surface area contributed by atoms with Gasteiger partial charge in [-0.05, 0) is 26.7 Å². The molecule has 0 heterocycles. The van der Waals surface area contributed by atoms with Crippen LogP contribution < -0.4 is 5.73 Å². The van der Waals surface area contributed by atoms with Crippen molar-refractivity contribution in [3.8, 4) is 0 Å². The van der Waals surface area contributed by atoms with Crippen molar-refractivity contribution in [2.24, 2.45) is 5.73 Å². The van der Waals surface area contributed by atoms with E-state index >= 15 is 0 Å². The zero-order valence-electron chi connectivity index (χ0n) is 8.66. The van der Waals surface area contributed by atoms with Gasteiger partial charge in [0.1, 0.15) is 0 Å². The van der Waals surface area contributed by atoms with E-state index in [0.29, 0.717) is 5.25 Å². The molecule has 1 rings (SSSR count). The average molecular weight is 203 g/mol. The summed E-state index contributed by atoms with van der Waals surface area (Å²) in [5, 5.41) is 0.581. The first-order chi connectivity index (χ1) is 6.13. The molecule has 0 amide bonds. The van der Waals surface area contributed by atoms with Gasteiger partial charge in [-0.3, -0.25) is 4.21 Å². The van der Waals surface area contributed by atoms with E-state index in [9.17, 15) is 4.21 Å². The van der Waals surface area contributed by atoms with Crippen molar-refractivity contribution in [3.63, 3.8) is 0 Å². The van der Waals surface area contributed by atoms with Crippen molar-refractivity contribution in [3.05, 3.63) is 0 Å². The summed E-state index contributed by atoms with van der Waals surface area (Å²) in [5.41, 5.74) is 5.75. The second-order valence-corrected chi connectivity index (χ2v) is 6.22. The molecule has 1 aliphatic carbocycles. The molecule has 0 spiro atoms. The molecule has 0 aromatic rings. The van der Waals surface area contributed by atoms with Crippen LogP contribution in [0.4, 0.5) is 0 Å². The summed E-state index contributed by atoms with van der Waals surface area (Å²) in [6.07, 6.45) is 6.11. The predicted octanol–water partition coefficient (Wildman–Crippen LogP) is 1.80. The molecule has 0 radical (unpaired) electrons. The van der Waals surface area contributed by atoms with Crippen LogP contribution in [0, 0.1) is 0 Å². The van der Waals surface area contributed by atoms with Crippen LogP contribution in [-0.2, 0) is 10.8 Å².